The standard InChI is InChI=1S/C14H21NO4/c1-10-5-13-14(19-9-18-13)6-11(10)3-4-15(2)7-12(17)8-16/h5-6,12,16-17H,3-4,7-9H2,1-2H3. The fourth-order valence-electron chi connectivity index (χ4n) is 2.18. The van der Waals surface area contributed by atoms with Gasteiger partial charge in [-0.25, -0.2) is 0 Å². The molecule has 1 aliphatic heterocycles. The molecule has 0 radical (unpaired) electrons. The van der Waals surface area contributed by atoms with E-state index in [0.717, 1.165) is 24.5 Å². The summed E-state index contributed by atoms with van der Waals surface area (Å²) >= 11 is 0. The Kier molecular flexibility index (Phi) is 4.63. The molecule has 1 atom stereocenters. The summed E-state index contributed by atoms with van der Waals surface area (Å²) in [4.78, 5) is 2.00. The summed E-state index contributed by atoms with van der Waals surface area (Å²) in [5.41, 5.74) is 2.40. The number of aryl methyl sites for hydroxylation is 1. The summed E-state index contributed by atoms with van der Waals surface area (Å²) in [6.07, 6.45) is 0.194. The number of likely N-dealkylation sites (N-methyl/N-ethyl adjacent to an activating group) is 1. The second-order valence-electron chi connectivity index (χ2n) is 4.98. The first-order chi connectivity index (χ1) is 9.10. The van der Waals surface area contributed by atoms with Crippen molar-refractivity contribution in [2.45, 2.75) is 19.4 Å². The van der Waals surface area contributed by atoms with Gasteiger partial charge in [0.25, 0.3) is 0 Å². The minimum Gasteiger partial charge on any atom is -0.454 e. The van der Waals surface area contributed by atoms with E-state index in [9.17, 15) is 5.11 Å². The maximum Gasteiger partial charge on any atom is 0.231 e. The van der Waals surface area contributed by atoms with E-state index in [1.54, 1.807) is 0 Å². The molecule has 19 heavy (non-hydrogen) atoms. The summed E-state index contributed by atoms with van der Waals surface area (Å²) in [6.45, 7) is 3.44. The largest absolute Gasteiger partial charge is 0.454 e. The summed E-state index contributed by atoms with van der Waals surface area (Å²) in [5, 5.41) is 18.2. The molecule has 1 aromatic rings. The van der Waals surface area contributed by atoms with Gasteiger partial charge >= 0.3 is 0 Å². The zero-order chi connectivity index (χ0) is 13.8. The van der Waals surface area contributed by atoms with Crippen molar-refractivity contribution in [1.82, 2.24) is 4.90 Å². The molecule has 0 amide bonds. The van der Waals surface area contributed by atoms with Crippen LogP contribution in [0.3, 0.4) is 0 Å². The zero-order valence-electron chi connectivity index (χ0n) is 11.4. The van der Waals surface area contributed by atoms with Gasteiger partial charge < -0.3 is 24.6 Å². The average Bonchev–Trinajstić information content (AvgIpc) is 2.82. The maximum absolute atomic E-state index is 9.38. The third-order valence-electron chi connectivity index (χ3n) is 3.33. The van der Waals surface area contributed by atoms with Gasteiger partial charge in [-0.05, 0) is 43.7 Å². The number of hydrogen-bond donors (Lipinski definition) is 2. The normalized spacial score (nSPS) is 15.0. The fraction of sp³-hybridized carbons (Fsp3) is 0.571. The lowest BCUT2D eigenvalue weighted by Gasteiger charge is -2.19. The van der Waals surface area contributed by atoms with Crippen LogP contribution >= 0.6 is 0 Å². The third kappa shape index (κ3) is 3.59. The van der Waals surface area contributed by atoms with Gasteiger partial charge in [-0.2, -0.15) is 0 Å². The summed E-state index contributed by atoms with van der Waals surface area (Å²) in [6, 6.07) is 4.02. The molecule has 5 heteroatoms. The molecule has 1 aromatic carbocycles. The van der Waals surface area contributed by atoms with Gasteiger partial charge in [-0.3, -0.25) is 0 Å². The molecule has 1 aliphatic rings. The lowest BCUT2D eigenvalue weighted by Crippen LogP contribution is -2.32. The van der Waals surface area contributed by atoms with E-state index in [0.29, 0.717) is 13.3 Å². The predicted octanol–water partition coefficient (Wildman–Crippen LogP) is 0.551. The van der Waals surface area contributed by atoms with Crippen LogP contribution in [0, 0.1) is 6.92 Å². The van der Waals surface area contributed by atoms with Crippen molar-refractivity contribution in [2.24, 2.45) is 0 Å². The van der Waals surface area contributed by atoms with Crippen LogP contribution in [0.2, 0.25) is 0 Å². The minimum atomic E-state index is -0.678. The van der Waals surface area contributed by atoms with Gasteiger partial charge in [0.15, 0.2) is 11.5 Å². The van der Waals surface area contributed by atoms with Gasteiger partial charge in [0, 0.05) is 13.1 Å². The lowest BCUT2D eigenvalue weighted by atomic mass is 10.0. The highest BCUT2D eigenvalue weighted by atomic mass is 16.7. The molecule has 0 spiro atoms. The van der Waals surface area contributed by atoms with Gasteiger partial charge in [0.2, 0.25) is 6.79 Å². The highest BCUT2D eigenvalue weighted by Gasteiger charge is 2.16. The van der Waals surface area contributed by atoms with Crippen LogP contribution in [0.15, 0.2) is 12.1 Å². The van der Waals surface area contributed by atoms with Gasteiger partial charge in [0.05, 0.1) is 12.7 Å². The quantitative estimate of drug-likeness (QED) is 0.788. The number of hydrogen-bond acceptors (Lipinski definition) is 5. The Morgan fingerprint density at radius 1 is 1.32 bits per heavy atom. The molecule has 0 saturated heterocycles. The van der Waals surface area contributed by atoms with Crippen molar-refractivity contribution in [3.8, 4) is 11.5 Å². The molecule has 106 valence electrons. The Labute approximate surface area is 113 Å². The molecule has 0 saturated carbocycles. The van der Waals surface area contributed by atoms with Crippen molar-refractivity contribution in [3.05, 3.63) is 23.3 Å². The van der Waals surface area contributed by atoms with Gasteiger partial charge in [-0.1, -0.05) is 0 Å². The van der Waals surface area contributed by atoms with E-state index in [4.69, 9.17) is 14.6 Å². The first-order valence-electron chi connectivity index (χ1n) is 6.46. The molecule has 2 rings (SSSR count). The SMILES string of the molecule is Cc1cc2c(cc1CCN(C)CC(O)CO)OCO2. The van der Waals surface area contributed by atoms with E-state index >= 15 is 0 Å². The number of aliphatic hydroxyl groups is 2. The predicted molar refractivity (Wildman–Crippen MR) is 71.6 cm³/mol. The van der Waals surface area contributed by atoms with Crippen LogP contribution in [0.25, 0.3) is 0 Å². The van der Waals surface area contributed by atoms with Crippen molar-refractivity contribution in [3.63, 3.8) is 0 Å². The smallest absolute Gasteiger partial charge is 0.231 e. The average molecular weight is 267 g/mol. The molecule has 5 nitrogen and oxygen atoms in total. The van der Waals surface area contributed by atoms with E-state index in [-0.39, 0.29) is 6.61 Å². The Hall–Kier alpha value is -1.30. The van der Waals surface area contributed by atoms with E-state index in [2.05, 4.69) is 6.92 Å². The van der Waals surface area contributed by atoms with Crippen molar-refractivity contribution in [1.29, 1.82) is 0 Å². The first-order valence-corrected chi connectivity index (χ1v) is 6.46. The van der Waals surface area contributed by atoms with Crippen LogP contribution in [0.5, 0.6) is 11.5 Å². The first kappa shape index (κ1) is 14.1. The molecular weight excluding hydrogens is 246 g/mol. The molecule has 1 heterocycles. The summed E-state index contributed by atoms with van der Waals surface area (Å²) in [5.74, 6) is 1.61. The third-order valence-corrected chi connectivity index (χ3v) is 3.33. The van der Waals surface area contributed by atoms with Crippen LogP contribution in [-0.2, 0) is 6.42 Å². The molecule has 0 aliphatic carbocycles. The maximum atomic E-state index is 9.38. The van der Waals surface area contributed by atoms with Crippen LogP contribution < -0.4 is 9.47 Å². The summed E-state index contributed by atoms with van der Waals surface area (Å²) < 4.78 is 10.7. The second kappa shape index (κ2) is 6.23. The van der Waals surface area contributed by atoms with Crippen molar-refractivity contribution in [2.75, 3.05) is 33.5 Å². The Morgan fingerprint density at radius 3 is 2.68 bits per heavy atom. The minimum absolute atomic E-state index is 0.201. The highest BCUT2D eigenvalue weighted by molar-refractivity contribution is 5.48. The molecule has 0 bridgehead atoms. The fourth-order valence-corrected chi connectivity index (χ4v) is 2.18. The second-order valence-corrected chi connectivity index (χ2v) is 4.98. The number of rotatable bonds is 6. The van der Waals surface area contributed by atoms with Crippen molar-refractivity contribution >= 4 is 0 Å². The van der Waals surface area contributed by atoms with Crippen LogP contribution in [-0.4, -0.2) is 54.8 Å². The van der Waals surface area contributed by atoms with Crippen LogP contribution in [0.4, 0.5) is 0 Å². The summed E-state index contributed by atoms with van der Waals surface area (Å²) in [7, 11) is 1.93. The molecular formula is C14H21NO4. The van der Waals surface area contributed by atoms with E-state index in [1.165, 1.54) is 11.1 Å². The number of benzene rings is 1. The molecule has 1 unspecified atom stereocenters. The molecule has 0 aromatic heterocycles. The topological polar surface area (TPSA) is 62.2 Å². The molecule has 2 N–H and O–H groups in total. The van der Waals surface area contributed by atoms with Gasteiger partial charge in [0.1, 0.15) is 0 Å². The Morgan fingerprint density at radius 2 is 2.00 bits per heavy atom. The lowest BCUT2D eigenvalue weighted by molar-refractivity contribution is 0.0669. The number of aliphatic hydroxyl groups excluding tert-OH is 2. The Balaban J connectivity index is 1.92. The molecule has 0 fully saturated rings. The Bertz CT molecular complexity index is 436. The highest BCUT2D eigenvalue weighted by Crippen LogP contribution is 2.34. The van der Waals surface area contributed by atoms with Crippen LogP contribution in [0.1, 0.15) is 11.1 Å². The number of nitrogens with zero attached hydrogens (tertiary/aromatic N) is 1. The van der Waals surface area contributed by atoms with E-state index < -0.39 is 6.10 Å². The number of ether oxygens (including phenoxy) is 2. The van der Waals surface area contributed by atoms with Gasteiger partial charge in [-0.15, -0.1) is 0 Å². The monoisotopic (exact) mass is 267 g/mol. The van der Waals surface area contributed by atoms with Crippen molar-refractivity contribution < 1.29 is 19.7 Å². The zero-order valence-corrected chi connectivity index (χ0v) is 11.4. The van der Waals surface area contributed by atoms with E-state index in [1.807, 2.05) is 24.1 Å². The number of fused-ring (bicyclic) bond motifs is 1.